The summed E-state index contributed by atoms with van der Waals surface area (Å²) in [5.74, 6) is 0. The molecule has 0 unspecified atom stereocenters. The highest BCUT2D eigenvalue weighted by Gasteiger charge is 2.51. The monoisotopic (exact) mass is 465 g/mol. The van der Waals surface area contributed by atoms with Gasteiger partial charge in [-0.15, -0.1) is 0 Å². The Bertz CT molecular complexity index is 951. The van der Waals surface area contributed by atoms with Crippen LogP contribution < -0.4 is 10.4 Å². The maximum absolute atomic E-state index is 12.9. The summed E-state index contributed by atoms with van der Waals surface area (Å²) < 4.78 is 12.6. The van der Waals surface area contributed by atoms with Gasteiger partial charge in [-0.1, -0.05) is 81.4 Å². The molecule has 0 spiro atoms. The second-order valence-electron chi connectivity index (χ2n) is 10.5. The number of carbonyl (C=O) groups is 2. The molecule has 1 aliphatic heterocycles. The lowest BCUT2D eigenvalue weighted by Gasteiger charge is -2.44. The largest absolute Gasteiger partial charge is 0.443 e. The summed E-state index contributed by atoms with van der Waals surface area (Å²) in [6, 6.07) is 20.5. The summed E-state index contributed by atoms with van der Waals surface area (Å²) in [7, 11) is -2.75. The zero-order valence-corrected chi connectivity index (χ0v) is 21.5. The number of hydrogen-bond donors (Lipinski definition) is 0. The van der Waals surface area contributed by atoms with Crippen LogP contribution in [0, 0.1) is 0 Å². The quantitative estimate of drug-likeness (QED) is 0.460. The van der Waals surface area contributed by atoms with Gasteiger partial charge in [-0.25, -0.2) is 4.79 Å². The van der Waals surface area contributed by atoms with Crippen LogP contribution in [-0.2, 0) is 14.0 Å². The maximum atomic E-state index is 12.9. The highest BCUT2D eigenvalue weighted by atomic mass is 28.4. The molecule has 2 aromatic rings. The summed E-state index contributed by atoms with van der Waals surface area (Å²) >= 11 is 0. The Morgan fingerprint density at radius 1 is 0.970 bits per heavy atom. The van der Waals surface area contributed by atoms with Crippen LogP contribution >= 0.6 is 0 Å². The lowest BCUT2D eigenvalue weighted by Crippen LogP contribution is -2.67. The number of benzene rings is 2. The van der Waals surface area contributed by atoms with Crippen LogP contribution in [0.2, 0.25) is 5.04 Å². The van der Waals surface area contributed by atoms with Crippen molar-refractivity contribution in [3.63, 3.8) is 0 Å². The van der Waals surface area contributed by atoms with Crippen molar-refractivity contribution in [3.05, 3.63) is 72.4 Å². The summed E-state index contributed by atoms with van der Waals surface area (Å²) in [5, 5.41) is 2.18. The van der Waals surface area contributed by atoms with Crippen molar-refractivity contribution in [3.8, 4) is 0 Å². The Kier molecular flexibility index (Phi) is 7.29. The molecule has 0 saturated carbocycles. The average molecular weight is 466 g/mol. The highest BCUT2D eigenvalue weighted by molar-refractivity contribution is 6.99. The molecule has 0 aliphatic carbocycles. The Hall–Kier alpha value is -2.70. The van der Waals surface area contributed by atoms with Crippen LogP contribution in [0.25, 0.3) is 0 Å². The maximum Gasteiger partial charge on any atom is 0.414 e. The van der Waals surface area contributed by atoms with Crippen molar-refractivity contribution >= 4 is 31.1 Å². The van der Waals surface area contributed by atoms with E-state index in [9.17, 15) is 9.59 Å². The van der Waals surface area contributed by atoms with E-state index in [-0.39, 0.29) is 11.1 Å². The molecular formula is C27H35NO4Si. The van der Waals surface area contributed by atoms with Gasteiger partial charge in [-0.2, -0.15) is 0 Å². The first-order chi connectivity index (χ1) is 15.5. The second-order valence-corrected chi connectivity index (χ2v) is 14.8. The van der Waals surface area contributed by atoms with Gasteiger partial charge in [0.1, 0.15) is 11.9 Å². The van der Waals surface area contributed by atoms with E-state index >= 15 is 0 Å². The standard InChI is InChI=1S/C27H35NO4Si/c1-26(2,3)32-25(30)28-18-21(19-29)17-22(28)20-31-33(27(4,5)6,23-13-9-7-10-14-23)24-15-11-8-12-16-24/h7-16,18-19,22H,17,20H2,1-6H3/t22-/m0/s1. The van der Waals surface area contributed by atoms with Gasteiger partial charge >= 0.3 is 6.09 Å². The zero-order chi connectivity index (χ0) is 24.3. The lowest BCUT2D eigenvalue weighted by atomic mass is 10.1. The van der Waals surface area contributed by atoms with Crippen LogP contribution in [0.4, 0.5) is 4.79 Å². The molecule has 0 aromatic heterocycles. The Balaban J connectivity index is 1.99. The zero-order valence-electron chi connectivity index (χ0n) is 20.5. The summed E-state index contributed by atoms with van der Waals surface area (Å²) in [6.07, 6.45) is 2.39. The van der Waals surface area contributed by atoms with Crippen LogP contribution in [-0.4, -0.2) is 43.8 Å². The topological polar surface area (TPSA) is 55.8 Å². The van der Waals surface area contributed by atoms with Gasteiger partial charge in [0.25, 0.3) is 8.32 Å². The molecule has 1 atom stereocenters. The average Bonchev–Trinajstić information content (AvgIpc) is 3.17. The van der Waals surface area contributed by atoms with E-state index < -0.39 is 20.0 Å². The van der Waals surface area contributed by atoms with E-state index in [1.807, 2.05) is 57.2 Å². The van der Waals surface area contributed by atoms with Gasteiger partial charge in [0.05, 0.1) is 12.6 Å². The SMILES string of the molecule is CC(C)(C)OC(=O)N1C=C(C=O)C[C@H]1CO[Si](c1ccccc1)(c1ccccc1)C(C)(C)C. The molecule has 0 saturated heterocycles. The minimum absolute atomic E-state index is 0.175. The van der Waals surface area contributed by atoms with E-state index in [2.05, 4.69) is 45.0 Å². The van der Waals surface area contributed by atoms with Gasteiger partial charge in [-0.3, -0.25) is 9.69 Å². The number of amides is 1. The van der Waals surface area contributed by atoms with E-state index in [1.54, 1.807) is 6.20 Å². The molecule has 1 heterocycles. The van der Waals surface area contributed by atoms with Crippen molar-refractivity contribution in [2.24, 2.45) is 0 Å². The van der Waals surface area contributed by atoms with Crippen molar-refractivity contribution in [2.75, 3.05) is 6.61 Å². The molecule has 6 heteroatoms. The molecule has 0 N–H and O–H groups in total. The van der Waals surface area contributed by atoms with Crippen LogP contribution in [0.5, 0.6) is 0 Å². The summed E-state index contributed by atoms with van der Waals surface area (Å²) in [5.41, 5.74) is -0.0601. The van der Waals surface area contributed by atoms with E-state index in [0.717, 1.165) is 6.29 Å². The molecule has 0 radical (unpaired) electrons. The van der Waals surface area contributed by atoms with E-state index in [4.69, 9.17) is 9.16 Å². The van der Waals surface area contributed by atoms with Crippen molar-refractivity contribution in [1.29, 1.82) is 0 Å². The Labute approximate surface area is 198 Å². The molecule has 5 nitrogen and oxygen atoms in total. The minimum Gasteiger partial charge on any atom is -0.443 e. The van der Waals surface area contributed by atoms with Crippen LogP contribution in [0.3, 0.4) is 0 Å². The molecule has 0 fully saturated rings. The highest BCUT2D eigenvalue weighted by Crippen LogP contribution is 2.37. The lowest BCUT2D eigenvalue weighted by molar-refractivity contribution is -0.105. The molecule has 2 aromatic carbocycles. The molecule has 176 valence electrons. The fraction of sp³-hybridized carbons (Fsp3) is 0.407. The number of nitrogens with zero attached hydrogens (tertiary/aromatic N) is 1. The number of ether oxygens (including phenoxy) is 1. The van der Waals surface area contributed by atoms with Crippen molar-refractivity contribution in [1.82, 2.24) is 4.90 Å². The van der Waals surface area contributed by atoms with Gasteiger partial charge in [0.15, 0.2) is 0 Å². The number of hydrogen-bond acceptors (Lipinski definition) is 4. The summed E-state index contributed by atoms with van der Waals surface area (Å²) in [6.45, 7) is 12.5. The first-order valence-electron chi connectivity index (χ1n) is 11.4. The summed E-state index contributed by atoms with van der Waals surface area (Å²) in [4.78, 5) is 25.9. The van der Waals surface area contributed by atoms with Gasteiger partial charge < -0.3 is 9.16 Å². The molecule has 0 bridgehead atoms. The van der Waals surface area contributed by atoms with Gasteiger partial charge in [0.2, 0.25) is 0 Å². The van der Waals surface area contributed by atoms with Crippen LogP contribution in [0.1, 0.15) is 48.0 Å². The Morgan fingerprint density at radius 3 is 1.91 bits per heavy atom. The van der Waals surface area contributed by atoms with Crippen molar-refractivity contribution < 1.29 is 18.8 Å². The van der Waals surface area contributed by atoms with Gasteiger partial charge in [0, 0.05) is 18.2 Å². The third-order valence-corrected chi connectivity index (χ3v) is 10.8. The molecular weight excluding hydrogens is 430 g/mol. The smallest absolute Gasteiger partial charge is 0.414 e. The number of aldehydes is 1. The predicted octanol–water partition coefficient (Wildman–Crippen LogP) is 4.66. The molecule has 1 aliphatic rings. The predicted molar refractivity (Wildman–Crippen MR) is 134 cm³/mol. The molecule has 33 heavy (non-hydrogen) atoms. The third-order valence-electron chi connectivity index (χ3n) is 5.83. The first-order valence-corrected chi connectivity index (χ1v) is 13.3. The van der Waals surface area contributed by atoms with Gasteiger partial charge in [-0.05, 0) is 36.2 Å². The normalized spacial score (nSPS) is 17.0. The van der Waals surface area contributed by atoms with Crippen molar-refractivity contribution in [2.45, 2.75) is 64.6 Å². The van der Waals surface area contributed by atoms with Crippen LogP contribution in [0.15, 0.2) is 72.4 Å². The fourth-order valence-corrected chi connectivity index (χ4v) is 9.02. The Morgan fingerprint density at radius 2 is 1.48 bits per heavy atom. The molecule has 1 amide bonds. The third kappa shape index (κ3) is 5.45. The second kappa shape index (κ2) is 9.65. The van der Waals surface area contributed by atoms with E-state index in [0.29, 0.717) is 18.6 Å². The van der Waals surface area contributed by atoms with E-state index in [1.165, 1.54) is 15.3 Å². The fourth-order valence-electron chi connectivity index (χ4n) is 4.42. The number of carbonyl (C=O) groups excluding carboxylic acids is 2. The minimum atomic E-state index is -2.75. The number of rotatable bonds is 6. The molecule has 3 rings (SSSR count). The first kappa shape index (κ1) is 24.9.